The highest BCUT2D eigenvalue weighted by molar-refractivity contribution is 5.97. The maximum absolute atomic E-state index is 13.1. The maximum atomic E-state index is 13.1. The number of rotatable bonds is 4. The first-order valence-electron chi connectivity index (χ1n) is 11.9. The van der Waals surface area contributed by atoms with Gasteiger partial charge in [-0.05, 0) is 24.3 Å². The summed E-state index contributed by atoms with van der Waals surface area (Å²) in [4.78, 5) is 41.1. The van der Waals surface area contributed by atoms with Crippen LogP contribution in [0, 0.1) is 0 Å². The monoisotopic (exact) mass is 614 g/mol. The van der Waals surface area contributed by atoms with Gasteiger partial charge in [-0.3, -0.25) is 14.8 Å². The summed E-state index contributed by atoms with van der Waals surface area (Å²) in [7, 11) is 0. The van der Waals surface area contributed by atoms with Crippen LogP contribution in [0.3, 0.4) is 0 Å². The van der Waals surface area contributed by atoms with Gasteiger partial charge >= 0.3 is 24.3 Å². The molecule has 5 rings (SSSR count). The number of alkyl halides is 6. The van der Waals surface area contributed by atoms with Crippen molar-refractivity contribution in [3.63, 3.8) is 0 Å². The number of amides is 1. The van der Waals surface area contributed by atoms with Gasteiger partial charge in [0.2, 0.25) is 0 Å². The number of aromatic nitrogens is 3. The molecule has 3 aromatic heterocycles. The molecule has 11 nitrogen and oxygen atoms in total. The normalized spacial score (nSPS) is 12.7. The van der Waals surface area contributed by atoms with Crippen molar-refractivity contribution in [2.24, 2.45) is 0 Å². The molecule has 17 heteroatoms. The summed E-state index contributed by atoms with van der Waals surface area (Å²) < 4.78 is 74.7. The second-order valence-electron chi connectivity index (χ2n) is 8.51. The highest BCUT2D eigenvalue weighted by Crippen LogP contribution is 2.25. The van der Waals surface area contributed by atoms with E-state index in [1.54, 1.807) is 23.5 Å². The number of benzene rings is 1. The van der Waals surface area contributed by atoms with Crippen molar-refractivity contribution < 1.29 is 60.2 Å². The number of nitrogens with zero attached hydrogens (tertiary/aromatic N) is 4. The summed E-state index contributed by atoms with van der Waals surface area (Å²) in [6, 6.07) is 13.3. The molecule has 1 amide bonds. The SMILES string of the molecule is O=C(O)C(F)(F)F.O=C(O)C(F)(F)F.O=C(c1cnc2ccccc2c1)N1CCc2onc(COc3cccnc3)c2C1. The van der Waals surface area contributed by atoms with Crippen LogP contribution in [0.25, 0.3) is 10.9 Å². The molecule has 0 saturated carbocycles. The van der Waals surface area contributed by atoms with Crippen molar-refractivity contribution in [3.8, 4) is 5.75 Å². The zero-order valence-corrected chi connectivity index (χ0v) is 21.6. The number of pyridine rings is 2. The van der Waals surface area contributed by atoms with Crippen molar-refractivity contribution in [3.05, 3.63) is 83.6 Å². The number of carboxylic acid groups (broad SMARTS) is 2. The Balaban J connectivity index is 0.000000303. The summed E-state index contributed by atoms with van der Waals surface area (Å²) in [6.45, 7) is 1.29. The first kappa shape index (κ1) is 32.3. The number of aliphatic carboxylic acids is 2. The highest BCUT2D eigenvalue weighted by Gasteiger charge is 2.39. The molecule has 43 heavy (non-hydrogen) atoms. The molecule has 0 saturated heterocycles. The van der Waals surface area contributed by atoms with Crippen molar-refractivity contribution >= 4 is 28.7 Å². The molecule has 0 radical (unpaired) electrons. The Hall–Kier alpha value is -5.22. The van der Waals surface area contributed by atoms with E-state index in [2.05, 4.69) is 15.1 Å². The quantitative estimate of drug-likeness (QED) is 0.310. The van der Waals surface area contributed by atoms with Crippen molar-refractivity contribution in [2.45, 2.75) is 31.9 Å². The number of hydrogen-bond acceptors (Lipinski definition) is 8. The molecule has 0 bridgehead atoms. The predicted molar refractivity (Wildman–Crippen MR) is 133 cm³/mol. The van der Waals surface area contributed by atoms with E-state index in [0.29, 0.717) is 36.5 Å². The summed E-state index contributed by atoms with van der Waals surface area (Å²) in [5.74, 6) is -4.08. The fourth-order valence-electron chi connectivity index (χ4n) is 3.51. The van der Waals surface area contributed by atoms with Gasteiger partial charge < -0.3 is 24.4 Å². The fourth-order valence-corrected chi connectivity index (χ4v) is 3.51. The van der Waals surface area contributed by atoms with E-state index in [0.717, 1.165) is 22.2 Å². The van der Waals surface area contributed by atoms with Crippen LogP contribution in [-0.2, 0) is 29.2 Å². The van der Waals surface area contributed by atoms with Crippen LogP contribution in [0.15, 0.2) is 65.6 Å². The summed E-state index contributed by atoms with van der Waals surface area (Å²) in [5, 5.41) is 19.4. The van der Waals surface area contributed by atoms with E-state index < -0.39 is 24.3 Å². The average molecular weight is 614 g/mol. The van der Waals surface area contributed by atoms with Crippen LogP contribution >= 0.6 is 0 Å². The lowest BCUT2D eigenvalue weighted by molar-refractivity contribution is -0.193. The molecule has 0 aliphatic carbocycles. The van der Waals surface area contributed by atoms with E-state index in [1.165, 1.54) is 0 Å². The summed E-state index contributed by atoms with van der Waals surface area (Å²) in [6.07, 6.45) is -4.56. The topological polar surface area (TPSA) is 156 Å². The minimum atomic E-state index is -5.08. The van der Waals surface area contributed by atoms with Crippen molar-refractivity contribution in [1.82, 2.24) is 20.0 Å². The van der Waals surface area contributed by atoms with Gasteiger partial charge in [-0.1, -0.05) is 23.4 Å². The molecule has 2 N–H and O–H groups in total. The van der Waals surface area contributed by atoms with Crippen LogP contribution in [-0.4, -0.2) is 67.0 Å². The third kappa shape index (κ3) is 9.14. The van der Waals surface area contributed by atoms with Gasteiger partial charge in [0, 0.05) is 36.3 Å². The van der Waals surface area contributed by atoms with Crippen LogP contribution in [0.4, 0.5) is 26.3 Å². The molecule has 1 aliphatic heterocycles. The molecule has 0 spiro atoms. The van der Waals surface area contributed by atoms with Gasteiger partial charge in [-0.25, -0.2) is 9.59 Å². The Bertz CT molecular complexity index is 1550. The second-order valence-corrected chi connectivity index (χ2v) is 8.51. The van der Waals surface area contributed by atoms with Crippen LogP contribution in [0.2, 0.25) is 0 Å². The maximum Gasteiger partial charge on any atom is 0.490 e. The van der Waals surface area contributed by atoms with Crippen LogP contribution < -0.4 is 4.74 Å². The van der Waals surface area contributed by atoms with Crippen LogP contribution in [0.1, 0.15) is 27.4 Å². The smallest absolute Gasteiger partial charge is 0.486 e. The first-order chi connectivity index (χ1) is 20.2. The number of hydrogen-bond donors (Lipinski definition) is 2. The minimum absolute atomic E-state index is 0.0470. The largest absolute Gasteiger partial charge is 0.490 e. The van der Waals surface area contributed by atoms with Gasteiger partial charge in [-0.15, -0.1) is 0 Å². The van der Waals surface area contributed by atoms with E-state index in [4.69, 9.17) is 29.1 Å². The second kappa shape index (κ2) is 13.6. The predicted octanol–water partition coefficient (Wildman–Crippen LogP) is 4.66. The van der Waals surface area contributed by atoms with Crippen molar-refractivity contribution in [2.75, 3.05) is 6.54 Å². The third-order valence-electron chi connectivity index (χ3n) is 5.53. The van der Waals surface area contributed by atoms with Gasteiger partial charge in [0.05, 0.1) is 23.8 Å². The lowest BCUT2D eigenvalue weighted by Crippen LogP contribution is -2.36. The fraction of sp³-hybridized carbons (Fsp3) is 0.231. The Labute approximate surface area is 237 Å². The number of halogens is 6. The molecule has 4 aromatic rings. The Morgan fingerprint density at radius 3 is 2.21 bits per heavy atom. The number of fused-ring (bicyclic) bond motifs is 2. The number of carboxylic acids is 2. The summed E-state index contributed by atoms with van der Waals surface area (Å²) >= 11 is 0. The first-order valence-corrected chi connectivity index (χ1v) is 11.9. The zero-order valence-electron chi connectivity index (χ0n) is 21.6. The summed E-state index contributed by atoms with van der Waals surface area (Å²) in [5.41, 5.74) is 3.08. The van der Waals surface area contributed by atoms with E-state index in [9.17, 15) is 31.1 Å². The Kier molecular flexibility index (Phi) is 10.2. The zero-order chi connectivity index (χ0) is 31.8. The molecular formula is C26H20F6N4O7. The Morgan fingerprint density at radius 1 is 0.953 bits per heavy atom. The number of carbonyl (C=O) groups excluding carboxylic acids is 1. The third-order valence-corrected chi connectivity index (χ3v) is 5.53. The molecule has 1 aliphatic rings. The van der Waals surface area contributed by atoms with Gasteiger partial charge in [0.25, 0.3) is 5.91 Å². The van der Waals surface area contributed by atoms with Gasteiger partial charge in [0.1, 0.15) is 23.8 Å². The van der Waals surface area contributed by atoms with E-state index >= 15 is 0 Å². The number of para-hydroxylation sites is 1. The Morgan fingerprint density at radius 2 is 1.60 bits per heavy atom. The van der Waals surface area contributed by atoms with Gasteiger partial charge in [0.15, 0.2) is 0 Å². The molecule has 1 aromatic carbocycles. The lowest BCUT2D eigenvalue weighted by atomic mass is 10.0. The minimum Gasteiger partial charge on any atom is -0.486 e. The number of ether oxygens (including phenoxy) is 1. The molecule has 0 unspecified atom stereocenters. The molecule has 0 atom stereocenters. The van der Waals surface area contributed by atoms with E-state index in [-0.39, 0.29) is 12.5 Å². The molecule has 4 heterocycles. The average Bonchev–Trinajstić information content (AvgIpc) is 3.38. The standard InChI is InChI=1S/C22H18N4O3.2C2HF3O2/c27-22(16-10-15-4-1-2-6-19(15)24-11-16)26-9-7-21-18(13-26)20(25-29-21)14-28-17-5-3-8-23-12-17;2*3-2(4,5)1(6)7/h1-6,8,10-12H,7,9,13-14H2;2*(H,6,7). The molecule has 0 fully saturated rings. The lowest BCUT2D eigenvalue weighted by Gasteiger charge is -2.26. The van der Waals surface area contributed by atoms with Crippen LogP contribution in [0.5, 0.6) is 5.75 Å². The number of carbonyl (C=O) groups is 3. The van der Waals surface area contributed by atoms with Crippen molar-refractivity contribution in [1.29, 1.82) is 0 Å². The van der Waals surface area contributed by atoms with Gasteiger partial charge in [-0.2, -0.15) is 26.3 Å². The molecule has 228 valence electrons. The van der Waals surface area contributed by atoms with E-state index in [1.807, 2.05) is 42.5 Å². The molecular weight excluding hydrogens is 594 g/mol. The highest BCUT2D eigenvalue weighted by atomic mass is 19.4.